The number of ether oxygens (including phenoxy) is 1. The van der Waals surface area contributed by atoms with Gasteiger partial charge in [0.2, 0.25) is 0 Å². The van der Waals surface area contributed by atoms with E-state index in [1.807, 2.05) is 23.6 Å². The molecule has 1 N–H and O–H groups in total. The third kappa shape index (κ3) is 5.27. The molecule has 2 aromatic rings. The molecule has 3 rings (SSSR count). The first-order valence-corrected chi connectivity index (χ1v) is 10.6. The molecule has 1 aromatic heterocycles. The zero-order chi connectivity index (χ0) is 20.8. The molecule has 29 heavy (non-hydrogen) atoms. The van der Waals surface area contributed by atoms with Gasteiger partial charge in [-0.05, 0) is 36.8 Å². The van der Waals surface area contributed by atoms with Crippen LogP contribution in [0.25, 0.3) is 0 Å². The number of hydrogen-bond acceptors (Lipinski definition) is 5. The summed E-state index contributed by atoms with van der Waals surface area (Å²) >= 11 is 1.86. The number of pyridine rings is 1. The summed E-state index contributed by atoms with van der Waals surface area (Å²) in [6.45, 7) is 4.15. The van der Waals surface area contributed by atoms with E-state index in [9.17, 15) is 14.4 Å². The van der Waals surface area contributed by atoms with E-state index in [4.69, 9.17) is 4.74 Å². The van der Waals surface area contributed by atoms with Crippen molar-refractivity contribution in [3.8, 4) is 0 Å². The maximum absolute atomic E-state index is 12.6. The molecule has 7 nitrogen and oxygen atoms in total. The summed E-state index contributed by atoms with van der Waals surface area (Å²) in [6.07, 6.45) is 1.53. The zero-order valence-electron chi connectivity index (χ0n) is 16.6. The average Bonchev–Trinajstić information content (AvgIpc) is 2.74. The van der Waals surface area contributed by atoms with Crippen molar-refractivity contribution in [2.75, 3.05) is 43.6 Å². The number of aromatic nitrogens is 1. The minimum atomic E-state index is -0.314. The van der Waals surface area contributed by atoms with Crippen molar-refractivity contribution in [2.24, 2.45) is 0 Å². The number of carbonyl (C=O) groups excluding carboxylic acids is 2. The van der Waals surface area contributed by atoms with Gasteiger partial charge in [-0.3, -0.25) is 14.4 Å². The van der Waals surface area contributed by atoms with E-state index in [-0.39, 0.29) is 17.4 Å². The first-order valence-electron chi connectivity index (χ1n) is 9.48. The van der Waals surface area contributed by atoms with Crippen molar-refractivity contribution in [1.29, 1.82) is 0 Å². The number of hydrogen-bond donors (Lipinski definition) is 1. The number of benzene rings is 1. The average molecular weight is 416 g/mol. The number of carbonyl (C=O) groups is 2. The molecule has 1 aromatic carbocycles. The molecule has 1 saturated heterocycles. The predicted octanol–water partition coefficient (Wildman–Crippen LogP) is 2.24. The van der Waals surface area contributed by atoms with Crippen LogP contribution in [0.3, 0.4) is 0 Å². The molecular formula is C21H25N3O4S. The molecule has 1 aliphatic heterocycles. The van der Waals surface area contributed by atoms with E-state index in [0.717, 1.165) is 30.2 Å². The Morgan fingerprint density at radius 3 is 2.55 bits per heavy atom. The Morgan fingerprint density at radius 1 is 1.14 bits per heavy atom. The normalized spacial score (nSPS) is 13.9. The van der Waals surface area contributed by atoms with Crippen molar-refractivity contribution < 1.29 is 14.3 Å². The quantitative estimate of drug-likeness (QED) is 0.783. The van der Waals surface area contributed by atoms with E-state index >= 15 is 0 Å². The van der Waals surface area contributed by atoms with Gasteiger partial charge in [0.15, 0.2) is 0 Å². The van der Waals surface area contributed by atoms with Crippen LogP contribution in [0.4, 0.5) is 5.69 Å². The van der Waals surface area contributed by atoms with Gasteiger partial charge in [-0.2, -0.15) is 11.8 Å². The van der Waals surface area contributed by atoms with Crippen molar-refractivity contribution in [2.45, 2.75) is 13.5 Å². The number of anilines is 1. The van der Waals surface area contributed by atoms with Gasteiger partial charge in [0, 0.05) is 61.8 Å². The molecule has 1 aliphatic rings. The molecule has 0 atom stereocenters. The molecule has 8 heteroatoms. The van der Waals surface area contributed by atoms with E-state index in [0.29, 0.717) is 30.0 Å². The Labute approximate surface area is 174 Å². The number of methoxy groups -OCH3 is 1. The minimum Gasteiger partial charge on any atom is -0.383 e. The molecule has 2 heterocycles. The topological polar surface area (TPSA) is 80.6 Å². The number of amides is 2. The Balaban J connectivity index is 1.72. The van der Waals surface area contributed by atoms with Gasteiger partial charge in [-0.15, -0.1) is 0 Å². The number of nitrogens with one attached hydrogen (secondary N) is 1. The summed E-state index contributed by atoms with van der Waals surface area (Å²) in [5, 5.41) is 2.86. The Bertz CT molecular complexity index is 951. The van der Waals surface area contributed by atoms with Crippen molar-refractivity contribution in [3.05, 3.63) is 63.6 Å². The van der Waals surface area contributed by atoms with Crippen molar-refractivity contribution in [1.82, 2.24) is 9.47 Å². The maximum Gasteiger partial charge on any atom is 0.257 e. The molecule has 0 spiro atoms. The van der Waals surface area contributed by atoms with Gasteiger partial charge in [0.1, 0.15) is 0 Å². The van der Waals surface area contributed by atoms with Crippen LogP contribution in [0, 0.1) is 6.92 Å². The highest BCUT2D eigenvalue weighted by Gasteiger charge is 2.19. The maximum atomic E-state index is 12.6. The second-order valence-corrected chi connectivity index (χ2v) is 8.06. The summed E-state index contributed by atoms with van der Waals surface area (Å²) in [7, 11) is 1.56. The third-order valence-corrected chi connectivity index (χ3v) is 5.74. The minimum absolute atomic E-state index is 0.0245. The highest BCUT2D eigenvalue weighted by atomic mass is 32.2. The van der Waals surface area contributed by atoms with E-state index in [1.54, 1.807) is 25.3 Å². The molecule has 0 radical (unpaired) electrons. The molecule has 1 fully saturated rings. The molecule has 0 saturated carbocycles. The van der Waals surface area contributed by atoms with Crippen LogP contribution in [-0.4, -0.2) is 59.6 Å². The summed E-state index contributed by atoms with van der Waals surface area (Å²) in [4.78, 5) is 39.0. The van der Waals surface area contributed by atoms with Gasteiger partial charge in [0.25, 0.3) is 17.4 Å². The molecule has 0 aliphatic carbocycles. The van der Waals surface area contributed by atoms with Crippen LogP contribution in [-0.2, 0) is 11.3 Å². The Kier molecular flexibility index (Phi) is 7.11. The summed E-state index contributed by atoms with van der Waals surface area (Å²) in [5.41, 5.74) is 2.26. The standard InChI is InChI=1S/C21H25N3O4S/c1-15-13-16(21(27)23-8-11-29-12-9-23)3-5-18(15)22-20(26)17-4-6-19(25)24(14-17)7-10-28-2/h3-6,13-14H,7-12H2,1-2H3,(H,22,26). The lowest BCUT2D eigenvalue weighted by Crippen LogP contribution is -2.37. The fourth-order valence-electron chi connectivity index (χ4n) is 3.11. The Morgan fingerprint density at radius 2 is 1.86 bits per heavy atom. The summed E-state index contributed by atoms with van der Waals surface area (Å²) in [6, 6.07) is 8.17. The van der Waals surface area contributed by atoms with Crippen LogP contribution >= 0.6 is 11.8 Å². The third-order valence-electron chi connectivity index (χ3n) is 4.80. The second kappa shape index (κ2) is 9.76. The molecule has 2 amide bonds. The lowest BCUT2D eigenvalue weighted by atomic mass is 10.1. The monoisotopic (exact) mass is 415 g/mol. The number of thioether (sulfide) groups is 1. The first-order chi connectivity index (χ1) is 14.0. The van der Waals surface area contributed by atoms with Gasteiger partial charge in [0.05, 0.1) is 12.2 Å². The zero-order valence-corrected chi connectivity index (χ0v) is 17.5. The highest BCUT2D eigenvalue weighted by molar-refractivity contribution is 7.99. The largest absolute Gasteiger partial charge is 0.383 e. The van der Waals surface area contributed by atoms with Crippen LogP contribution in [0.2, 0.25) is 0 Å². The van der Waals surface area contributed by atoms with E-state index in [2.05, 4.69) is 5.32 Å². The van der Waals surface area contributed by atoms with Crippen LogP contribution in [0.1, 0.15) is 26.3 Å². The molecule has 0 unspecified atom stereocenters. The van der Waals surface area contributed by atoms with Crippen LogP contribution in [0.5, 0.6) is 0 Å². The van der Waals surface area contributed by atoms with E-state index < -0.39 is 0 Å². The second-order valence-electron chi connectivity index (χ2n) is 6.83. The number of nitrogens with zero attached hydrogens (tertiary/aromatic N) is 2. The highest BCUT2D eigenvalue weighted by Crippen LogP contribution is 2.20. The lowest BCUT2D eigenvalue weighted by molar-refractivity contribution is 0.0772. The fraction of sp³-hybridized carbons (Fsp3) is 0.381. The molecule has 154 valence electrons. The van der Waals surface area contributed by atoms with Gasteiger partial charge >= 0.3 is 0 Å². The smallest absolute Gasteiger partial charge is 0.257 e. The van der Waals surface area contributed by atoms with Gasteiger partial charge < -0.3 is 19.5 Å². The van der Waals surface area contributed by atoms with Crippen molar-refractivity contribution >= 4 is 29.3 Å². The lowest BCUT2D eigenvalue weighted by Gasteiger charge is -2.26. The number of aryl methyl sites for hydroxylation is 1. The number of rotatable bonds is 6. The van der Waals surface area contributed by atoms with E-state index in [1.165, 1.54) is 22.9 Å². The predicted molar refractivity (Wildman–Crippen MR) is 115 cm³/mol. The SMILES string of the molecule is COCCn1cc(C(=O)Nc2ccc(C(=O)N3CCSCC3)cc2C)ccc1=O. The van der Waals surface area contributed by atoms with Crippen LogP contribution in [0.15, 0.2) is 41.3 Å². The van der Waals surface area contributed by atoms with Crippen LogP contribution < -0.4 is 10.9 Å². The van der Waals surface area contributed by atoms with Gasteiger partial charge in [-0.25, -0.2) is 0 Å². The summed E-state index contributed by atoms with van der Waals surface area (Å²) in [5.74, 6) is 1.64. The van der Waals surface area contributed by atoms with Gasteiger partial charge in [-0.1, -0.05) is 0 Å². The Hall–Kier alpha value is -2.58. The first kappa shape index (κ1) is 21.1. The molecular weight excluding hydrogens is 390 g/mol. The fourth-order valence-corrected chi connectivity index (χ4v) is 4.01. The van der Waals surface area contributed by atoms with Crippen molar-refractivity contribution in [3.63, 3.8) is 0 Å². The molecule has 0 bridgehead atoms. The summed E-state index contributed by atoms with van der Waals surface area (Å²) < 4.78 is 6.44.